The molecule has 4 nitrogen and oxygen atoms in total. The van der Waals surface area contributed by atoms with E-state index in [0.717, 1.165) is 12.1 Å². The molecule has 2 aromatic carbocycles. The Morgan fingerprint density at radius 2 is 1.84 bits per heavy atom. The van der Waals surface area contributed by atoms with Crippen LogP contribution < -0.4 is 5.32 Å². The number of benzene rings is 2. The molecule has 0 aliphatic heterocycles. The van der Waals surface area contributed by atoms with Crippen molar-refractivity contribution in [3.05, 3.63) is 69.8 Å². The van der Waals surface area contributed by atoms with Gasteiger partial charge in [-0.15, -0.1) is 0 Å². The fourth-order valence-corrected chi connectivity index (χ4v) is 1.64. The second kappa shape index (κ2) is 5.43. The van der Waals surface area contributed by atoms with E-state index in [2.05, 4.69) is 5.32 Å². The van der Waals surface area contributed by atoms with Crippen molar-refractivity contribution in [3.8, 4) is 0 Å². The molecular formula is C13H10F2N2O2. The summed E-state index contributed by atoms with van der Waals surface area (Å²) in [5.41, 5.74) is 0.812. The number of nitrogens with one attached hydrogen (secondary N) is 1. The lowest BCUT2D eigenvalue weighted by molar-refractivity contribution is -0.385. The Balaban J connectivity index is 2.14. The normalized spacial score (nSPS) is 10.2. The summed E-state index contributed by atoms with van der Waals surface area (Å²) in [6.07, 6.45) is 0. The maximum atomic E-state index is 13.0. The van der Waals surface area contributed by atoms with Crippen molar-refractivity contribution in [2.24, 2.45) is 0 Å². The number of para-hydroxylation sites is 1. The summed E-state index contributed by atoms with van der Waals surface area (Å²) < 4.78 is 25.7. The van der Waals surface area contributed by atoms with Crippen molar-refractivity contribution in [2.45, 2.75) is 6.54 Å². The largest absolute Gasteiger partial charge is 0.381 e. The van der Waals surface area contributed by atoms with E-state index in [-0.39, 0.29) is 12.2 Å². The van der Waals surface area contributed by atoms with Crippen LogP contribution >= 0.6 is 0 Å². The van der Waals surface area contributed by atoms with Gasteiger partial charge in [-0.2, -0.15) is 0 Å². The Kier molecular flexibility index (Phi) is 3.70. The van der Waals surface area contributed by atoms with Crippen molar-refractivity contribution in [1.29, 1.82) is 0 Å². The van der Waals surface area contributed by atoms with E-state index in [1.807, 2.05) is 0 Å². The monoisotopic (exact) mass is 264 g/mol. The zero-order valence-electron chi connectivity index (χ0n) is 9.77. The van der Waals surface area contributed by atoms with Gasteiger partial charge in [-0.25, -0.2) is 8.78 Å². The number of nitro groups is 1. The average molecular weight is 264 g/mol. The summed E-state index contributed by atoms with van der Waals surface area (Å²) in [6, 6.07) is 9.61. The highest BCUT2D eigenvalue weighted by atomic mass is 19.2. The third-order valence-corrected chi connectivity index (χ3v) is 2.59. The van der Waals surface area contributed by atoms with Crippen LogP contribution in [-0.2, 0) is 6.54 Å². The van der Waals surface area contributed by atoms with Crippen LogP contribution in [0.25, 0.3) is 0 Å². The van der Waals surface area contributed by atoms with Crippen LogP contribution in [0.15, 0.2) is 42.5 Å². The molecular weight excluding hydrogens is 254 g/mol. The molecule has 0 unspecified atom stereocenters. The number of nitro benzene ring substituents is 1. The fourth-order valence-electron chi connectivity index (χ4n) is 1.64. The molecule has 0 radical (unpaired) electrons. The summed E-state index contributed by atoms with van der Waals surface area (Å²) in [5, 5.41) is 13.6. The smallest absolute Gasteiger partial charge is 0.274 e. The Labute approximate surface area is 107 Å². The second-order valence-corrected chi connectivity index (χ2v) is 3.87. The van der Waals surface area contributed by atoms with E-state index in [1.54, 1.807) is 18.2 Å². The molecule has 0 aromatic heterocycles. The van der Waals surface area contributed by atoms with Gasteiger partial charge in [0.25, 0.3) is 5.69 Å². The Bertz CT molecular complexity index is 617. The molecule has 6 heteroatoms. The third-order valence-electron chi connectivity index (χ3n) is 2.59. The van der Waals surface area contributed by atoms with E-state index in [9.17, 15) is 18.9 Å². The predicted molar refractivity (Wildman–Crippen MR) is 66.8 cm³/mol. The molecule has 0 saturated heterocycles. The maximum absolute atomic E-state index is 13.0. The van der Waals surface area contributed by atoms with E-state index >= 15 is 0 Å². The SMILES string of the molecule is O=[N+]([O-])c1ccccc1CNc1ccc(F)c(F)c1. The van der Waals surface area contributed by atoms with Gasteiger partial charge in [-0.05, 0) is 12.1 Å². The molecule has 0 atom stereocenters. The highest BCUT2D eigenvalue weighted by molar-refractivity contribution is 5.47. The van der Waals surface area contributed by atoms with Crippen molar-refractivity contribution in [1.82, 2.24) is 0 Å². The molecule has 0 saturated carbocycles. The highest BCUT2D eigenvalue weighted by Crippen LogP contribution is 2.20. The molecule has 0 fully saturated rings. The molecule has 2 rings (SSSR count). The lowest BCUT2D eigenvalue weighted by Crippen LogP contribution is -2.03. The predicted octanol–water partition coefficient (Wildman–Crippen LogP) is 3.49. The topological polar surface area (TPSA) is 55.2 Å². The summed E-state index contributed by atoms with van der Waals surface area (Å²) in [7, 11) is 0. The van der Waals surface area contributed by atoms with E-state index in [1.165, 1.54) is 12.1 Å². The van der Waals surface area contributed by atoms with Gasteiger partial charge >= 0.3 is 0 Å². The molecule has 0 heterocycles. The zero-order valence-corrected chi connectivity index (χ0v) is 9.77. The minimum Gasteiger partial charge on any atom is -0.381 e. The van der Waals surface area contributed by atoms with Crippen molar-refractivity contribution in [2.75, 3.05) is 5.32 Å². The number of hydrogen-bond donors (Lipinski definition) is 1. The molecule has 0 aliphatic carbocycles. The average Bonchev–Trinajstić information content (AvgIpc) is 2.40. The van der Waals surface area contributed by atoms with Crippen LogP contribution in [0.2, 0.25) is 0 Å². The third kappa shape index (κ3) is 3.04. The first-order valence-electron chi connectivity index (χ1n) is 5.49. The van der Waals surface area contributed by atoms with Gasteiger partial charge in [0.15, 0.2) is 11.6 Å². The second-order valence-electron chi connectivity index (χ2n) is 3.87. The molecule has 0 aliphatic rings. The number of nitrogens with zero attached hydrogens (tertiary/aromatic N) is 1. The zero-order chi connectivity index (χ0) is 13.8. The maximum Gasteiger partial charge on any atom is 0.274 e. The van der Waals surface area contributed by atoms with Crippen LogP contribution in [0.3, 0.4) is 0 Å². The summed E-state index contributed by atoms with van der Waals surface area (Å²) >= 11 is 0. The van der Waals surface area contributed by atoms with Crippen LogP contribution in [-0.4, -0.2) is 4.92 Å². The highest BCUT2D eigenvalue weighted by Gasteiger charge is 2.11. The van der Waals surface area contributed by atoms with Crippen molar-refractivity contribution >= 4 is 11.4 Å². The molecule has 1 N–H and O–H groups in total. The molecule has 19 heavy (non-hydrogen) atoms. The number of anilines is 1. The van der Waals surface area contributed by atoms with Gasteiger partial charge in [0, 0.05) is 29.9 Å². The molecule has 0 bridgehead atoms. The minimum atomic E-state index is -0.965. The summed E-state index contributed by atoms with van der Waals surface area (Å²) in [6.45, 7) is 0.155. The van der Waals surface area contributed by atoms with E-state index in [0.29, 0.717) is 11.3 Å². The first kappa shape index (κ1) is 12.9. The molecule has 0 spiro atoms. The lowest BCUT2D eigenvalue weighted by atomic mass is 10.2. The number of hydrogen-bond acceptors (Lipinski definition) is 3. The van der Waals surface area contributed by atoms with Gasteiger partial charge in [-0.1, -0.05) is 18.2 Å². The first-order valence-corrected chi connectivity index (χ1v) is 5.49. The van der Waals surface area contributed by atoms with Gasteiger partial charge in [0.05, 0.1) is 4.92 Å². The van der Waals surface area contributed by atoms with Crippen LogP contribution in [0.5, 0.6) is 0 Å². The molecule has 98 valence electrons. The van der Waals surface area contributed by atoms with Gasteiger partial charge in [0.2, 0.25) is 0 Å². The quantitative estimate of drug-likeness (QED) is 0.679. The Hall–Kier alpha value is -2.50. The lowest BCUT2D eigenvalue weighted by Gasteiger charge is -2.07. The Morgan fingerprint density at radius 3 is 2.53 bits per heavy atom. The van der Waals surface area contributed by atoms with Crippen molar-refractivity contribution in [3.63, 3.8) is 0 Å². The fraction of sp³-hybridized carbons (Fsp3) is 0.0769. The summed E-state index contributed by atoms with van der Waals surface area (Å²) in [5.74, 6) is -1.90. The Morgan fingerprint density at radius 1 is 1.11 bits per heavy atom. The van der Waals surface area contributed by atoms with Crippen LogP contribution in [0.1, 0.15) is 5.56 Å². The van der Waals surface area contributed by atoms with Gasteiger partial charge in [0.1, 0.15) is 0 Å². The molecule has 0 amide bonds. The number of rotatable bonds is 4. The van der Waals surface area contributed by atoms with E-state index < -0.39 is 16.6 Å². The standard InChI is InChI=1S/C13H10F2N2O2/c14-11-6-5-10(7-12(11)15)16-8-9-3-1-2-4-13(9)17(18)19/h1-7,16H,8H2. The van der Waals surface area contributed by atoms with Crippen molar-refractivity contribution < 1.29 is 13.7 Å². The number of halogens is 2. The summed E-state index contributed by atoms with van der Waals surface area (Å²) in [4.78, 5) is 10.3. The van der Waals surface area contributed by atoms with Crippen LogP contribution in [0.4, 0.5) is 20.2 Å². The van der Waals surface area contributed by atoms with Crippen LogP contribution in [0, 0.1) is 21.7 Å². The van der Waals surface area contributed by atoms with Gasteiger partial charge < -0.3 is 5.32 Å². The molecule has 2 aromatic rings. The van der Waals surface area contributed by atoms with Gasteiger partial charge in [-0.3, -0.25) is 10.1 Å². The first-order chi connectivity index (χ1) is 9.08. The minimum absolute atomic E-state index is 0.0161. The van der Waals surface area contributed by atoms with E-state index in [4.69, 9.17) is 0 Å².